The predicted molar refractivity (Wildman–Crippen MR) is 75.2 cm³/mol. The van der Waals surface area contributed by atoms with Crippen molar-refractivity contribution in [1.82, 2.24) is 0 Å². The highest BCUT2D eigenvalue weighted by Crippen LogP contribution is 2.31. The third-order valence-corrected chi connectivity index (χ3v) is 3.50. The van der Waals surface area contributed by atoms with Crippen LogP contribution in [0.5, 0.6) is 5.75 Å². The van der Waals surface area contributed by atoms with Gasteiger partial charge in [0.2, 0.25) is 0 Å². The van der Waals surface area contributed by atoms with Crippen molar-refractivity contribution in [3.8, 4) is 11.8 Å². The van der Waals surface area contributed by atoms with Gasteiger partial charge in [0.15, 0.2) is 5.78 Å². The Balaban J connectivity index is 3.20. The number of benzene rings is 1. The van der Waals surface area contributed by atoms with Crippen molar-refractivity contribution in [1.29, 1.82) is 5.26 Å². The van der Waals surface area contributed by atoms with Crippen molar-refractivity contribution in [3.05, 3.63) is 29.3 Å². The molecular formula is C16H21NO2. The van der Waals surface area contributed by atoms with Gasteiger partial charge < -0.3 is 4.74 Å². The third kappa shape index (κ3) is 3.35. The fourth-order valence-electron chi connectivity index (χ4n) is 2.29. The van der Waals surface area contributed by atoms with Crippen LogP contribution in [-0.2, 0) is 4.79 Å². The maximum atomic E-state index is 12.4. The summed E-state index contributed by atoms with van der Waals surface area (Å²) in [5.74, 6) is -0.192. The first kappa shape index (κ1) is 15.2. The molecule has 0 radical (unpaired) electrons. The van der Waals surface area contributed by atoms with E-state index in [1.54, 1.807) is 7.11 Å². The fourth-order valence-corrected chi connectivity index (χ4v) is 2.29. The number of rotatable bonds is 6. The summed E-state index contributed by atoms with van der Waals surface area (Å²) in [6.45, 7) is 5.90. The van der Waals surface area contributed by atoms with E-state index in [1.807, 2.05) is 39.0 Å². The molecule has 0 bridgehead atoms. The van der Waals surface area contributed by atoms with Crippen LogP contribution in [0.1, 0.15) is 43.7 Å². The summed E-state index contributed by atoms with van der Waals surface area (Å²) < 4.78 is 5.28. The average Bonchev–Trinajstić information content (AvgIpc) is 2.41. The lowest BCUT2D eigenvalue weighted by molar-refractivity contribution is -0.123. The van der Waals surface area contributed by atoms with E-state index in [0.717, 1.165) is 18.4 Å². The molecule has 0 heterocycles. The Morgan fingerprint density at radius 1 is 1.37 bits per heavy atom. The predicted octanol–water partition coefficient (Wildman–Crippen LogP) is 3.62. The maximum Gasteiger partial charge on any atom is 0.157 e. The highest BCUT2D eigenvalue weighted by Gasteiger charge is 2.28. The molecule has 102 valence electrons. The molecule has 0 spiro atoms. The van der Waals surface area contributed by atoms with Crippen molar-refractivity contribution in [2.75, 3.05) is 7.11 Å². The molecule has 0 saturated heterocycles. The minimum absolute atomic E-state index is 0.00333. The van der Waals surface area contributed by atoms with Gasteiger partial charge in [-0.15, -0.1) is 0 Å². The highest BCUT2D eigenvalue weighted by atomic mass is 16.5. The van der Waals surface area contributed by atoms with Crippen molar-refractivity contribution >= 4 is 5.78 Å². The molecule has 0 fully saturated rings. The average molecular weight is 259 g/mol. The number of ketones is 1. The number of nitrogens with zero attached hydrogens (tertiary/aromatic N) is 1. The van der Waals surface area contributed by atoms with Gasteiger partial charge in [0.1, 0.15) is 11.7 Å². The largest absolute Gasteiger partial charge is 0.496 e. The van der Waals surface area contributed by atoms with Gasteiger partial charge in [-0.3, -0.25) is 4.79 Å². The molecule has 19 heavy (non-hydrogen) atoms. The summed E-state index contributed by atoms with van der Waals surface area (Å²) in [5, 5.41) is 9.37. The van der Waals surface area contributed by atoms with Crippen molar-refractivity contribution in [2.24, 2.45) is 5.92 Å². The van der Waals surface area contributed by atoms with Gasteiger partial charge in [-0.05, 0) is 25.8 Å². The van der Waals surface area contributed by atoms with Crippen molar-refractivity contribution < 1.29 is 9.53 Å². The second kappa shape index (κ2) is 6.94. The molecule has 1 aromatic carbocycles. The molecule has 0 amide bonds. The van der Waals surface area contributed by atoms with E-state index in [2.05, 4.69) is 6.07 Å². The second-order valence-electron chi connectivity index (χ2n) is 4.72. The number of ether oxygens (including phenoxy) is 1. The molecule has 3 nitrogen and oxygen atoms in total. The van der Waals surface area contributed by atoms with E-state index in [9.17, 15) is 10.1 Å². The summed E-state index contributed by atoms with van der Waals surface area (Å²) >= 11 is 0. The Morgan fingerprint density at radius 2 is 2.00 bits per heavy atom. The lowest BCUT2D eigenvalue weighted by atomic mass is 9.85. The topological polar surface area (TPSA) is 50.1 Å². The quantitative estimate of drug-likeness (QED) is 0.784. The fraction of sp³-hybridized carbons (Fsp3) is 0.500. The molecule has 0 saturated carbocycles. The number of carbonyl (C=O) groups is 1. The number of aryl methyl sites for hydroxylation is 1. The molecule has 0 aliphatic heterocycles. The van der Waals surface area contributed by atoms with E-state index in [4.69, 9.17) is 4.74 Å². The van der Waals surface area contributed by atoms with Gasteiger partial charge in [-0.2, -0.15) is 5.26 Å². The standard InChI is InChI=1S/C16H21NO2/c1-5-12(6-2)16(18)14(10-17)13-9-11(3)7-8-15(13)19-4/h7-9,12,14H,5-6H2,1-4H3. The number of hydrogen-bond acceptors (Lipinski definition) is 3. The number of Topliss-reactive ketones (excluding diaryl/α,β-unsaturated/α-hetero) is 1. The first-order valence-electron chi connectivity index (χ1n) is 6.66. The van der Waals surface area contributed by atoms with E-state index < -0.39 is 5.92 Å². The maximum absolute atomic E-state index is 12.4. The van der Waals surface area contributed by atoms with Gasteiger partial charge in [0.05, 0.1) is 13.2 Å². The van der Waals surface area contributed by atoms with E-state index >= 15 is 0 Å². The zero-order valence-electron chi connectivity index (χ0n) is 12.1. The first-order chi connectivity index (χ1) is 9.08. The number of nitriles is 1. The Morgan fingerprint density at radius 3 is 2.47 bits per heavy atom. The van der Waals surface area contributed by atoms with Crippen LogP contribution in [0.25, 0.3) is 0 Å². The normalized spacial score (nSPS) is 12.0. The van der Waals surface area contributed by atoms with Crippen LogP contribution in [0, 0.1) is 24.2 Å². The molecule has 0 aromatic heterocycles. The molecule has 0 N–H and O–H groups in total. The lowest BCUT2D eigenvalue weighted by Gasteiger charge is -2.18. The Kier molecular flexibility index (Phi) is 5.57. The Labute approximate surface area is 115 Å². The SMILES string of the molecule is CCC(CC)C(=O)C(C#N)c1cc(C)ccc1OC. The van der Waals surface area contributed by atoms with Gasteiger partial charge in [-0.25, -0.2) is 0 Å². The van der Waals surface area contributed by atoms with Crippen molar-refractivity contribution in [3.63, 3.8) is 0 Å². The van der Waals surface area contributed by atoms with Gasteiger partial charge in [-0.1, -0.05) is 31.5 Å². The third-order valence-electron chi connectivity index (χ3n) is 3.50. The minimum Gasteiger partial charge on any atom is -0.496 e. The van der Waals surface area contributed by atoms with Crippen LogP contribution in [0.3, 0.4) is 0 Å². The van der Waals surface area contributed by atoms with E-state index in [0.29, 0.717) is 11.3 Å². The molecule has 0 aliphatic carbocycles. The Bertz CT molecular complexity index is 484. The molecule has 1 rings (SSSR count). The smallest absolute Gasteiger partial charge is 0.157 e. The summed E-state index contributed by atoms with van der Waals surface area (Å²) in [5.41, 5.74) is 1.70. The minimum atomic E-state index is -0.736. The summed E-state index contributed by atoms with van der Waals surface area (Å²) in [6, 6.07) is 7.74. The first-order valence-corrected chi connectivity index (χ1v) is 6.66. The Hall–Kier alpha value is -1.82. The van der Waals surface area contributed by atoms with Crippen LogP contribution < -0.4 is 4.74 Å². The van der Waals surface area contributed by atoms with Crippen LogP contribution in [-0.4, -0.2) is 12.9 Å². The molecule has 3 heteroatoms. The highest BCUT2D eigenvalue weighted by molar-refractivity contribution is 5.91. The molecule has 1 aromatic rings. The monoisotopic (exact) mass is 259 g/mol. The van der Waals surface area contributed by atoms with Crippen LogP contribution in [0.4, 0.5) is 0 Å². The van der Waals surface area contributed by atoms with Crippen LogP contribution >= 0.6 is 0 Å². The molecule has 1 atom stereocenters. The zero-order valence-corrected chi connectivity index (χ0v) is 12.1. The second-order valence-corrected chi connectivity index (χ2v) is 4.72. The number of carbonyl (C=O) groups excluding carboxylic acids is 1. The van der Waals surface area contributed by atoms with Gasteiger partial charge >= 0.3 is 0 Å². The van der Waals surface area contributed by atoms with Crippen LogP contribution in [0.15, 0.2) is 18.2 Å². The summed E-state index contributed by atoms with van der Waals surface area (Å²) in [6.07, 6.45) is 1.53. The lowest BCUT2D eigenvalue weighted by Crippen LogP contribution is -2.21. The zero-order chi connectivity index (χ0) is 14.4. The van der Waals surface area contributed by atoms with Gasteiger partial charge in [0.25, 0.3) is 0 Å². The molecule has 1 unspecified atom stereocenters. The summed E-state index contributed by atoms with van der Waals surface area (Å²) in [7, 11) is 1.56. The van der Waals surface area contributed by atoms with Crippen molar-refractivity contribution in [2.45, 2.75) is 39.5 Å². The molecular weight excluding hydrogens is 238 g/mol. The van der Waals surface area contributed by atoms with E-state index in [-0.39, 0.29) is 11.7 Å². The van der Waals surface area contributed by atoms with E-state index in [1.165, 1.54) is 0 Å². The number of methoxy groups -OCH3 is 1. The number of hydrogen-bond donors (Lipinski definition) is 0. The summed E-state index contributed by atoms with van der Waals surface area (Å²) in [4.78, 5) is 12.4. The molecule has 0 aliphatic rings. The van der Waals surface area contributed by atoms with Crippen LogP contribution in [0.2, 0.25) is 0 Å². The van der Waals surface area contributed by atoms with Gasteiger partial charge in [0, 0.05) is 11.5 Å².